The lowest BCUT2D eigenvalue weighted by atomic mass is 9.99. The van der Waals surface area contributed by atoms with Crippen molar-refractivity contribution in [3.05, 3.63) is 47.5 Å². The van der Waals surface area contributed by atoms with Crippen molar-refractivity contribution in [2.45, 2.75) is 55.8 Å². The molecule has 38 heavy (non-hydrogen) atoms. The molecular weight excluding hydrogens is 504 g/mol. The van der Waals surface area contributed by atoms with Crippen LogP contribution in [0.15, 0.2) is 36.4 Å². The molecule has 2 aromatic rings. The highest BCUT2D eigenvalue weighted by atomic mass is 16.7. The van der Waals surface area contributed by atoms with Gasteiger partial charge >= 0.3 is 0 Å². The summed E-state index contributed by atoms with van der Waals surface area (Å²) in [5.41, 5.74) is 1.25. The second-order valence-corrected chi connectivity index (χ2v) is 8.87. The van der Waals surface area contributed by atoms with Gasteiger partial charge in [0.05, 0.1) is 34.0 Å². The van der Waals surface area contributed by atoms with Gasteiger partial charge in [-0.3, -0.25) is 0 Å². The average molecular weight is 541 g/mol. The highest BCUT2D eigenvalue weighted by Crippen LogP contribution is 2.34. The molecule has 0 aromatic heterocycles. The van der Waals surface area contributed by atoms with E-state index in [0.717, 1.165) is 5.56 Å². The van der Waals surface area contributed by atoms with Crippen LogP contribution in [0.5, 0.6) is 23.0 Å². The molecule has 0 spiro atoms. The van der Waals surface area contributed by atoms with Gasteiger partial charge in [-0.25, -0.2) is 0 Å². The minimum atomic E-state index is -1.50. The van der Waals surface area contributed by atoms with Crippen LogP contribution in [0.1, 0.15) is 23.7 Å². The molecule has 1 heterocycles. The molecule has 2 aromatic carbocycles. The van der Waals surface area contributed by atoms with Crippen LogP contribution >= 0.6 is 0 Å². The molecule has 0 bridgehead atoms. The fourth-order valence-corrected chi connectivity index (χ4v) is 4.10. The largest absolute Gasteiger partial charge is 0.504 e. The normalized spacial score (nSPS) is 25.0. The van der Waals surface area contributed by atoms with Crippen LogP contribution in [0.4, 0.5) is 0 Å². The molecule has 0 radical (unpaired) electrons. The molecule has 0 saturated carbocycles. The molecule has 3 rings (SSSR count). The van der Waals surface area contributed by atoms with E-state index in [1.165, 1.54) is 32.4 Å². The Balaban J connectivity index is 1.58. The molecule has 7 atom stereocenters. The van der Waals surface area contributed by atoms with E-state index in [0.29, 0.717) is 29.9 Å². The minimum Gasteiger partial charge on any atom is -0.504 e. The number of benzene rings is 2. The van der Waals surface area contributed by atoms with Crippen molar-refractivity contribution in [2.24, 2.45) is 0 Å². The smallest absolute Gasteiger partial charge is 0.186 e. The van der Waals surface area contributed by atoms with Gasteiger partial charge in [0.15, 0.2) is 35.4 Å². The van der Waals surface area contributed by atoms with Gasteiger partial charge in [-0.1, -0.05) is 12.1 Å². The lowest BCUT2D eigenvalue weighted by Crippen LogP contribution is -2.59. The van der Waals surface area contributed by atoms with Crippen LogP contribution in [-0.2, 0) is 15.9 Å². The van der Waals surface area contributed by atoms with Gasteiger partial charge in [-0.05, 0) is 48.2 Å². The molecule has 0 aliphatic carbocycles. The van der Waals surface area contributed by atoms with Gasteiger partial charge in [0.1, 0.15) is 30.5 Å². The number of phenols is 1. The van der Waals surface area contributed by atoms with Crippen LogP contribution < -0.4 is 14.2 Å². The Bertz CT molecular complexity index is 1020. The zero-order valence-corrected chi connectivity index (χ0v) is 21.2. The number of hydrogen-bond donors (Lipinski definition) is 7. The van der Waals surface area contributed by atoms with E-state index in [1.54, 1.807) is 18.2 Å². The summed E-state index contributed by atoms with van der Waals surface area (Å²) < 4.78 is 27.2. The molecule has 12 nitrogen and oxygen atoms in total. The van der Waals surface area contributed by atoms with E-state index in [2.05, 4.69) is 0 Å². The van der Waals surface area contributed by atoms with E-state index >= 15 is 0 Å². The maximum Gasteiger partial charge on any atom is 0.186 e. The molecule has 1 aliphatic heterocycles. The SMILES string of the molecule is COc1cc([C@H](O)[C@@H](CO)Oc2ccc(CCCO[C@@H]3O[C@H](CO)[C@@H](O)[C@H](O)[C@H]3O)cc2OC)ccc1O. The number of rotatable bonds is 13. The van der Waals surface area contributed by atoms with Gasteiger partial charge in [-0.15, -0.1) is 0 Å². The maximum absolute atomic E-state index is 10.8. The number of aliphatic hydroxyl groups excluding tert-OH is 6. The molecule has 1 saturated heterocycles. The molecule has 7 N–H and O–H groups in total. The molecular formula is C26H36O12. The van der Waals surface area contributed by atoms with Gasteiger partial charge in [0, 0.05) is 0 Å². The molecule has 0 unspecified atom stereocenters. The fraction of sp³-hybridized carbons (Fsp3) is 0.538. The Kier molecular flexibility index (Phi) is 10.9. The Morgan fingerprint density at radius 3 is 2.29 bits per heavy atom. The minimum absolute atomic E-state index is 0.0826. The number of methoxy groups -OCH3 is 2. The highest BCUT2D eigenvalue weighted by Gasteiger charge is 2.43. The summed E-state index contributed by atoms with van der Waals surface area (Å²) in [6.07, 6.45) is -7.82. The topological polar surface area (TPSA) is 188 Å². The standard InChI is InChI=1S/C26H36O12/c1-34-18-11-15(6-7-16(18)29)22(30)20(12-27)37-17-8-5-14(10-19(17)35-2)4-3-9-36-26-25(33)24(32)23(31)21(13-28)38-26/h5-8,10-11,20-33H,3-4,9,12-13H2,1-2H3/t20-,21-,22+,23-,24+,25-,26-/m1/s1. The summed E-state index contributed by atoms with van der Waals surface area (Å²) in [6, 6.07) is 9.52. The molecule has 1 fully saturated rings. The lowest BCUT2D eigenvalue weighted by Gasteiger charge is -2.39. The van der Waals surface area contributed by atoms with Gasteiger partial charge in [-0.2, -0.15) is 0 Å². The summed E-state index contributed by atoms with van der Waals surface area (Å²) in [7, 11) is 2.85. The summed E-state index contributed by atoms with van der Waals surface area (Å²) in [5.74, 6) is 0.778. The number of aliphatic hydroxyl groups is 6. The van der Waals surface area contributed by atoms with Crippen molar-refractivity contribution >= 4 is 0 Å². The zero-order chi connectivity index (χ0) is 27.8. The monoisotopic (exact) mass is 540 g/mol. The third kappa shape index (κ3) is 7.04. The van der Waals surface area contributed by atoms with E-state index in [-0.39, 0.29) is 18.1 Å². The second-order valence-electron chi connectivity index (χ2n) is 8.87. The van der Waals surface area contributed by atoms with Crippen LogP contribution in [0.3, 0.4) is 0 Å². The summed E-state index contributed by atoms with van der Waals surface area (Å²) in [4.78, 5) is 0. The van der Waals surface area contributed by atoms with Crippen molar-refractivity contribution in [3.63, 3.8) is 0 Å². The van der Waals surface area contributed by atoms with Crippen molar-refractivity contribution in [3.8, 4) is 23.0 Å². The first-order valence-corrected chi connectivity index (χ1v) is 12.2. The molecule has 12 heteroatoms. The predicted octanol–water partition coefficient (Wildman–Crippen LogP) is -0.368. The Morgan fingerprint density at radius 2 is 1.63 bits per heavy atom. The number of phenolic OH excluding ortho intramolecular Hbond substituents is 1. The van der Waals surface area contributed by atoms with Crippen LogP contribution in [0.25, 0.3) is 0 Å². The van der Waals surface area contributed by atoms with E-state index in [4.69, 9.17) is 23.7 Å². The summed E-state index contributed by atoms with van der Waals surface area (Å²) >= 11 is 0. The summed E-state index contributed by atoms with van der Waals surface area (Å²) in [5, 5.41) is 69.4. The second kappa shape index (κ2) is 13.9. The number of aromatic hydroxyl groups is 1. The quantitative estimate of drug-likeness (QED) is 0.164. The first-order valence-electron chi connectivity index (χ1n) is 12.2. The van der Waals surface area contributed by atoms with Gasteiger partial charge in [0.25, 0.3) is 0 Å². The van der Waals surface area contributed by atoms with Crippen molar-refractivity contribution < 1.29 is 59.4 Å². The maximum atomic E-state index is 10.8. The number of hydrogen-bond acceptors (Lipinski definition) is 12. The first-order chi connectivity index (χ1) is 18.2. The first kappa shape index (κ1) is 29.9. The predicted molar refractivity (Wildman–Crippen MR) is 132 cm³/mol. The fourth-order valence-electron chi connectivity index (χ4n) is 4.10. The lowest BCUT2D eigenvalue weighted by molar-refractivity contribution is -0.301. The van der Waals surface area contributed by atoms with E-state index in [9.17, 15) is 35.7 Å². The van der Waals surface area contributed by atoms with Crippen LogP contribution in [0, 0.1) is 0 Å². The number of ether oxygens (including phenoxy) is 5. The van der Waals surface area contributed by atoms with Crippen molar-refractivity contribution in [1.82, 2.24) is 0 Å². The third-order valence-electron chi connectivity index (χ3n) is 6.32. The molecule has 212 valence electrons. The Morgan fingerprint density at radius 1 is 0.895 bits per heavy atom. The highest BCUT2D eigenvalue weighted by molar-refractivity contribution is 5.44. The zero-order valence-electron chi connectivity index (χ0n) is 21.2. The Hall–Kier alpha value is -2.68. The van der Waals surface area contributed by atoms with E-state index < -0.39 is 56.1 Å². The van der Waals surface area contributed by atoms with Gasteiger partial charge in [0.2, 0.25) is 0 Å². The molecule has 0 amide bonds. The van der Waals surface area contributed by atoms with Crippen molar-refractivity contribution in [1.29, 1.82) is 0 Å². The van der Waals surface area contributed by atoms with Crippen molar-refractivity contribution in [2.75, 3.05) is 34.0 Å². The Labute approximate surface area is 220 Å². The average Bonchev–Trinajstić information content (AvgIpc) is 2.94. The van der Waals surface area contributed by atoms with E-state index in [1.807, 2.05) is 0 Å². The molecule has 1 aliphatic rings. The number of aryl methyl sites for hydroxylation is 1. The third-order valence-corrected chi connectivity index (χ3v) is 6.32. The van der Waals surface area contributed by atoms with Crippen LogP contribution in [-0.4, -0.2) is 107 Å². The summed E-state index contributed by atoms with van der Waals surface area (Å²) in [6.45, 7) is -0.862. The van der Waals surface area contributed by atoms with Gasteiger partial charge < -0.3 is 59.4 Å². The van der Waals surface area contributed by atoms with Crippen LogP contribution in [0.2, 0.25) is 0 Å².